The lowest BCUT2D eigenvalue weighted by Crippen LogP contribution is -3.00. The maximum Gasteiger partial charge on any atom is 0.361 e. The predicted molar refractivity (Wildman–Crippen MR) is 109 cm³/mol. The molecule has 0 atom stereocenters. The van der Waals surface area contributed by atoms with Gasteiger partial charge in [-0.15, -0.1) is 0 Å². The van der Waals surface area contributed by atoms with Crippen LogP contribution in [0.15, 0.2) is 0 Å². The van der Waals surface area contributed by atoms with Gasteiger partial charge in [0.25, 0.3) is 0 Å². The summed E-state index contributed by atoms with van der Waals surface area (Å²) in [5.74, 6) is -0.0541. The smallest absolute Gasteiger partial charge is 0.361 e. The first-order valence-electron chi connectivity index (χ1n) is 11.0. The molecule has 0 saturated carbocycles. The average Bonchev–Trinajstić information content (AvgIpc) is 2.58. The summed E-state index contributed by atoms with van der Waals surface area (Å²) in [4.78, 5) is 11.7. The first-order valence-corrected chi connectivity index (χ1v) is 11.0. The summed E-state index contributed by atoms with van der Waals surface area (Å²) < 4.78 is 6.04. The van der Waals surface area contributed by atoms with Crippen molar-refractivity contribution in [2.75, 3.05) is 33.8 Å². The van der Waals surface area contributed by atoms with Gasteiger partial charge in [-0.25, -0.2) is 4.79 Å². The minimum atomic E-state index is -0.0541. The lowest BCUT2D eigenvalue weighted by Gasteiger charge is -2.26. The van der Waals surface area contributed by atoms with Crippen molar-refractivity contribution in [1.29, 1.82) is 0 Å². The van der Waals surface area contributed by atoms with Crippen molar-refractivity contribution in [2.24, 2.45) is 0 Å². The van der Waals surface area contributed by atoms with Gasteiger partial charge in [0.05, 0.1) is 27.2 Å². The molecule has 26 heavy (non-hydrogen) atoms. The Hall–Kier alpha value is -0.280. The minimum Gasteiger partial charge on any atom is -1.00 e. The van der Waals surface area contributed by atoms with Crippen molar-refractivity contribution >= 4 is 5.97 Å². The molecule has 0 saturated heterocycles. The van der Waals surface area contributed by atoms with E-state index < -0.39 is 0 Å². The SMILES string of the molecule is CCCCCCCCCCCCCCCCOC(=O)C[N+](C)(C)CC.[Cl-]. The van der Waals surface area contributed by atoms with Gasteiger partial charge in [0, 0.05) is 0 Å². The zero-order chi connectivity index (χ0) is 18.8. The van der Waals surface area contributed by atoms with Crippen molar-refractivity contribution in [1.82, 2.24) is 0 Å². The number of nitrogens with zero attached hydrogens (tertiary/aromatic N) is 1. The maximum atomic E-state index is 11.7. The minimum absolute atomic E-state index is 0. The number of likely N-dealkylation sites (N-methyl/N-ethyl adjacent to an activating group) is 1. The Morgan fingerprint density at radius 3 is 1.46 bits per heavy atom. The molecule has 0 aromatic carbocycles. The van der Waals surface area contributed by atoms with E-state index in [-0.39, 0.29) is 18.4 Å². The van der Waals surface area contributed by atoms with E-state index in [0.717, 1.165) is 13.0 Å². The number of halogens is 1. The van der Waals surface area contributed by atoms with Crippen molar-refractivity contribution in [3.8, 4) is 0 Å². The number of rotatable bonds is 18. The molecule has 3 nitrogen and oxygen atoms in total. The molecule has 0 rings (SSSR count). The first-order chi connectivity index (χ1) is 12.0. The Morgan fingerprint density at radius 2 is 1.08 bits per heavy atom. The van der Waals surface area contributed by atoms with Crippen molar-refractivity contribution in [2.45, 2.75) is 104 Å². The number of ether oxygens (including phenoxy) is 1. The van der Waals surface area contributed by atoms with Gasteiger partial charge in [0.2, 0.25) is 0 Å². The molecule has 4 heteroatoms. The number of quaternary nitrogens is 1. The van der Waals surface area contributed by atoms with E-state index in [1.54, 1.807) is 0 Å². The normalized spacial score (nSPS) is 11.2. The van der Waals surface area contributed by atoms with E-state index >= 15 is 0 Å². The number of carbonyl (C=O) groups excluding carboxylic acids is 1. The average molecular weight is 392 g/mol. The fourth-order valence-corrected chi connectivity index (χ4v) is 2.99. The quantitative estimate of drug-likeness (QED) is 0.204. The largest absolute Gasteiger partial charge is 1.00 e. The van der Waals surface area contributed by atoms with Crippen molar-refractivity contribution in [3.05, 3.63) is 0 Å². The molecule has 0 radical (unpaired) electrons. The van der Waals surface area contributed by atoms with Gasteiger partial charge in [-0.1, -0.05) is 90.4 Å². The highest BCUT2D eigenvalue weighted by atomic mass is 35.5. The topological polar surface area (TPSA) is 26.3 Å². The van der Waals surface area contributed by atoms with Crippen LogP contribution in [0.3, 0.4) is 0 Å². The molecule has 0 spiro atoms. The third kappa shape index (κ3) is 20.0. The van der Waals surface area contributed by atoms with E-state index in [0.29, 0.717) is 17.6 Å². The summed E-state index contributed by atoms with van der Waals surface area (Å²) in [5.41, 5.74) is 0. The van der Waals surface area contributed by atoms with Crippen molar-refractivity contribution < 1.29 is 26.4 Å². The molecule has 158 valence electrons. The Labute approximate surface area is 170 Å². The molecular formula is C22H46ClNO2. The Morgan fingerprint density at radius 1 is 0.692 bits per heavy atom. The molecule has 0 aromatic rings. The van der Waals surface area contributed by atoms with Crippen LogP contribution in [0.25, 0.3) is 0 Å². The van der Waals surface area contributed by atoms with E-state index in [4.69, 9.17) is 4.74 Å². The van der Waals surface area contributed by atoms with Gasteiger partial charge in [-0.3, -0.25) is 0 Å². The van der Waals surface area contributed by atoms with Crippen LogP contribution in [0.5, 0.6) is 0 Å². The molecular weight excluding hydrogens is 346 g/mol. The third-order valence-electron chi connectivity index (χ3n) is 5.17. The standard InChI is InChI=1S/C22H46NO2.ClH/c1-5-7-8-9-10-11-12-13-14-15-16-17-18-19-20-25-22(24)21-23(3,4)6-2;/h5-21H2,1-4H3;1H/q+1;/p-1. The van der Waals surface area contributed by atoms with Gasteiger partial charge in [-0.2, -0.15) is 0 Å². The second kappa shape index (κ2) is 19.5. The molecule has 0 amide bonds. The first kappa shape index (κ1) is 27.9. The zero-order valence-electron chi connectivity index (χ0n) is 18.2. The second-order valence-electron chi connectivity index (χ2n) is 8.23. The van der Waals surface area contributed by atoms with Gasteiger partial charge in [0.1, 0.15) is 0 Å². The maximum absolute atomic E-state index is 11.7. The van der Waals surface area contributed by atoms with Gasteiger partial charge in [-0.05, 0) is 13.3 Å². The summed E-state index contributed by atoms with van der Waals surface area (Å²) in [6, 6.07) is 0. The van der Waals surface area contributed by atoms with Gasteiger partial charge >= 0.3 is 5.97 Å². The Kier molecular flexibility index (Phi) is 20.9. The summed E-state index contributed by atoms with van der Waals surface area (Å²) in [7, 11) is 4.13. The summed E-state index contributed by atoms with van der Waals surface area (Å²) in [6.07, 6.45) is 18.9. The number of carbonyl (C=O) groups is 1. The molecule has 0 fully saturated rings. The van der Waals surface area contributed by atoms with Gasteiger partial charge < -0.3 is 21.6 Å². The lowest BCUT2D eigenvalue weighted by molar-refractivity contribution is -0.881. The monoisotopic (exact) mass is 391 g/mol. The molecule has 0 aliphatic heterocycles. The third-order valence-corrected chi connectivity index (χ3v) is 5.17. The van der Waals surface area contributed by atoms with Crippen LogP contribution in [0.1, 0.15) is 104 Å². The lowest BCUT2D eigenvalue weighted by atomic mass is 10.0. The van der Waals surface area contributed by atoms with E-state index in [2.05, 4.69) is 27.9 Å². The number of unbranched alkanes of at least 4 members (excludes halogenated alkanes) is 13. The predicted octanol–water partition coefficient (Wildman–Crippen LogP) is 3.11. The second-order valence-corrected chi connectivity index (χ2v) is 8.23. The molecule has 0 bridgehead atoms. The number of esters is 1. The highest BCUT2D eigenvalue weighted by Gasteiger charge is 2.18. The van der Waals surface area contributed by atoms with E-state index in [9.17, 15) is 4.79 Å². The van der Waals surface area contributed by atoms with E-state index in [1.807, 2.05) is 0 Å². The van der Waals surface area contributed by atoms with Crippen LogP contribution < -0.4 is 12.4 Å². The van der Waals surface area contributed by atoms with Crippen LogP contribution in [0, 0.1) is 0 Å². The molecule has 0 heterocycles. The highest BCUT2D eigenvalue weighted by Crippen LogP contribution is 2.13. The fourth-order valence-electron chi connectivity index (χ4n) is 2.99. The Balaban J connectivity index is 0. The van der Waals surface area contributed by atoms with Crippen LogP contribution in [0.2, 0.25) is 0 Å². The molecule has 0 aliphatic carbocycles. The van der Waals surface area contributed by atoms with E-state index in [1.165, 1.54) is 83.5 Å². The molecule has 0 N–H and O–H groups in total. The molecule has 0 unspecified atom stereocenters. The zero-order valence-corrected chi connectivity index (χ0v) is 18.9. The van der Waals surface area contributed by atoms with Crippen LogP contribution >= 0.6 is 0 Å². The highest BCUT2D eigenvalue weighted by molar-refractivity contribution is 5.70. The van der Waals surface area contributed by atoms with Crippen LogP contribution in [0.4, 0.5) is 0 Å². The molecule has 0 aliphatic rings. The molecule has 0 aromatic heterocycles. The van der Waals surface area contributed by atoms with Gasteiger partial charge in [0.15, 0.2) is 6.54 Å². The number of hydrogen-bond donors (Lipinski definition) is 0. The Bertz CT molecular complexity index is 309. The van der Waals surface area contributed by atoms with Crippen LogP contribution in [-0.2, 0) is 9.53 Å². The fraction of sp³-hybridized carbons (Fsp3) is 0.955. The van der Waals surface area contributed by atoms with Crippen LogP contribution in [-0.4, -0.2) is 44.2 Å². The number of hydrogen-bond acceptors (Lipinski definition) is 2. The van der Waals surface area contributed by atoms with Crippen molar-refractivity contribution in [3.63, 3.8) is 0 Å². The summed E-state index contributed by atoms with van der Waals surface area (Å²) in [5, 5.41) is 0. The summed E-state index contributed by atoms with van der Waals surface area (Å²) in [6.45, 7) is 6.41. The summed E-state index contributed by atoms with van der Waals surface area (Å²) >= 11 is 0.